The topological polar surface area (TPSA) is 91.2 Å². The van der Waals surface area contributed by atoms with Crippen LogP contribution in [-0.2, 0) is 4.79 Å². The fourth-order valence-electron chi connectivity index (χ4n) is 1.97. The molecule has 3 N–H and O–H groups in total. The number of hydrazone groups is 1. The Labute approximate surface area is 147 Å². The summed E-state index contributed by atoms with van der Waals surface area (Å²) in [5.74, 6) is 0.138. The Hall–Kier alpha value is -2.54. The predicted octanol–water partition coefficient (Wildman–Crippen LogP) is 3.09. The SMILES string of the molecule is C/C(=N/NC(=O)COc1ccc(Br)cc1C)c1cc(O)ccc1O. The van der Waals surface area contributed by atoms with Gasteiger partial charge < -0.3 is 14.9 Å². The molecular formula is C17H17BrN2O4. The van der Waals surface area contributed by atoms with Crippen molar-refractivity contribution in [3.8, 4) is 17.2 Å². The summed E-state index contributed by atoms with van der Waals surface area (Å²) in [4.78, 5) is 11.8. The molecule has 0 aliphatic rings. The number of nitrogens with zero attached hydrogens (tertiary/aromatic N) is 1. The minimum absolute atomic E-state index is 0.00211. The molecule has 7 heteroatoms. The number of carbonyl (C=O) groups excluding carboxylic acids is 1. The lowest BCUT2D eigenvalue weighted by molar-refractivity contribution is -0.123. The molecule has 0 saturated carbocycles. The van der Waals surface area contributed by atoms with Crippen molar-refractivity contribution in [2.24, 2.45) is 5.10 Å². The third-order valence-corrected chi connectivity index (χ3v) is 3.71. The molecule has 1 amide bonds. The van der Waals surface area contributed by atoms with Crippen molar-refractivity contribution >= 4 is 27.5 Å². The van der Waals surface area contributed by atoms with E-state index in [-0.39, 0.29) is 18.1 Å². The third-order valence-electron chi connectivity index (χ3n) is 3.21. The third kappa shape index (κ3) is 4.73. The van der Waals surface area contributed by atoms with Crippen LogP contribution in [0.5, 0.6) is 17.2 Å². The van der Waals surface area contributed by atoms with Crippen LogP contribution in [0.25, 0.3) is 0 Å². The number of phenols is 2. The van der Waals surface area contributed by atoms with Gasteiger partial charge in [-0.15, -0.1) is 0 Å². The summed E-state index contributed by atoms with van der Waals surface area (Å²) in [7, 11) is 0. The number of nitrogens with one attached hydrogen (secondary N) is 1. The number of benzene rings is 2. The molecule has 0 aliphatic carbocycles. The molecule has 0 bridgehead atoms. The summed E-state index contributed by atoms with van der Waals surface area (Å²) in [6.45, 7) is 3.30. The lowest BCUT2D eigenvalue weighted by atomic mass is 10.1. The lowest BCUT2D eigenvalue weighted by Crippen LogP contribution is -2.25. The van der Waals surface area contributed by atoms with E-state index in [1.807, 2.05) is 19.1 Å². The summed E-state index contributed by atoms with van der Waals surface area (Å²) in [5, 5.41) is 23.1. The van der Waals surface area contributed by atoms with Gasteiger partial charge in [-0.05, 0) is 55.8 Å². The van der Waals surface area contributed by atoms with Crippen molar-refractivity contribution in [2.75, 3.05) is 6.61 Å². The van der Waals surface area contributed by atoms with Crippen LogP contribution in [0.2, 0.25) is 0 Å². The first kappa shape index (κ1) is 17.8. The number of hydrogen-bond acceptors (Lipinski definition) is 5. The molecule has 24 heavy (non-hydrogen) atoms. The molecule has 0 saturated heterocycles. The summed E-state index contributed by atoms with van der Waals surface area (Å²) in [6, 6.07) is 9.56. The van der Waals surface area contributed by atoms with Crippen molar-refractivity contribution in [1.29, 1.82) is 0 Å². The number of amides is 1. The molecule has 0 fully saturated rings. The van der Waals surface area contributed by atoms with Crippen LogP contribution >= 0.6 is 15.9 Å². The maximum absolute atomic E-state index is 11.8. The van der Waals surface area contributed by atoms with Gasteiger partial charge in [-0.3, -0.25) is 4.79 Å². The predicted molar refractivity (Wildman–Crippen MR) is 94.5 cm³/mol. The average molecular weight is 393 g/mol. The highest BCUT2D eigenvalue weighted by Crippen LogP contribution is 2.23. The number of ether oxygens (including phenoxy) is 1. The number of halogens is 1. The summed E-state index contributed by atoms with van der Waals surface area (Å²) in [5.41, 5.74) is 3.95. The monoisotopic (exact) mass is 392 g/mol. The molecular weight excluding hydrogens is 376 g/mol. The smallest absolute Gasteiger partial charge is 0.277 e. The number of carbonyl (C=O) groups is 1. The van der Waals surface area contributed by atoms with E-state index >= 15 is 0 Å². The fourth-order valence-corrected chi connectivity index (χ4v) is 2.45. The van der Waals surface area contributed by atoms with Gasteiger partial charge in [0.25, 0.3) is 5.91 Å². The molecule has 2 aromatic carbocycles. The van der Waals surface area contributed by atoms with Crippen LogP contribution in [0, 0.1) is 6.92 Å². The Bertz CT molecular complexity index is 790. The normalized spacial score (nSPS) is 11.2. The Morgan fingerprint density at radius 2 is 2.00 bits per heavy atom. The highest BCUT2D eigenvalue weighted by Gasteiger charge is 2.08. The van der Waals surface area contributed by atoms with Gasteiger partial charge in [-0.2, -0.15) is 5.10 Å². The second-order valence-corrected chi connectivity index (χ2v) is 6.05. The molecule has 2 aromatic rings. The van der Waals surface area contributed by atoms with Gasteiger partial charge in [0, 0.05) is 10.0 Å². The van der Waals surface area contributed by atoms with Crippen LogP contribution in [0.15, 0.2) is 46.0 Å². The van der Waals surface area contributed by atoms with Crippen LogP contribution in [0.3, 0.4) is 0 Å². The summed E-state index contributed by atoms with van der Waals surface area (Å²) in [6.07, 6.45) is 0. The van der Waals surface area contributed by atoms with Crippen LogP contribution in [-0.4, -0.2) is 28.4 Å². The number of aryl methyl sites for hydroxylation is 1. The van der Waals surface area contributed by atoms with Gasteiger partial charge in [0.15, 0.2) is 6.61 Å². The molecule has 0 aliphatic heterocycles. The van der Waals surface area contributed by atoms with Crippen LogP contribution in [0.4, 0.5) is 0 Å². The Kier molecular flexibility index (Phi) is 5.81. The minimum atomic E-state index is -0.434. The van der Waals surface area contributed by atoms with Gasteiger partial charge >= 0.3 is 0 Å². The zero-order valence-electron chi connectivity index (χ0n) is 13.2. The number of rotatable bonds is 5. The first-order valence-corrected chi connectivity index (χ1v) is 7.90. The highest BCUT2D eigenvalue weighted by molar-refractivity contribution is 9.10. The van der Waals surface area contributed by atoms with E-state index < -0.39 is 5.91 Å². The zero-order valence-corrected chi connectivity index (χ0v) is 14.8. The standard InChI is InChI=1S/C17H17BrN2O4/c1-10-7-12(18)3-6-16(10)24-9-17(23)20-19-11(2)14-8-13(21)4-5-15(14)22/h3-8,21-22H,9H2,1-2H3,(H,20,23)/b19-11-. The van der Waals surface area contributed by atoms with Gasteiger partial charge in [-0.25, -0.2) is 5.43 Å². The van der Waals surface area contributed by atoms with E-state index in [0.29, 0.717) is 17.0 Å². The van der Waals surface area contributed by atoms with E-state index in [0.717, 1.165) is 10.0 Å². The molecule has 0 heterocycles. The average Bonchev–Trinajstić information content (AvgIpc) is 2.54. The fraction of sp³-hybridized carbons (Fsp3) is 0.176. The number of phenolic OH excluding ortho intramolecular Hbond substituents is 2. The Morgan fingerprint density at radius 1 is 1.25 bits per heavy atom. The van der Waals surface area contributed by atoms with Crippen molar-refractivity contribution in [2.45, 2.75) is 13.8 Å². The van der Waals surface area contributed by atoms with Gasteiger partial charge in [-0.1, -0.05) is 15.9 Å². The molecule has 2 rings (SSSR count). The first-order valence-electron chi connectivity index (χ1n) is 7.11. The maximum atomic E-state index is 11.8. The van der Waals surface area contributed by atoms with Crippen molar-refractivity contribution in [3.05, 3.63) is 52.0 Å². The second kappa shape index (κ2) is 7.83. The van der Waals surface area contributed by atoms with Crippen molar-refractivity contribution in [3.63, 3.8) is 0 Å². The molecule has 126 valence electrons. The van der Waals surface area contributed by atoms with Crippen molar-refractivity contribution in [1.82, 2.24) is 5.43 Å². The highest BCUT2D eigenvalue weighted by atomic mass is 79.9. The number of aromatic hydroxyl groups is 2. The Morgan fingerprint density at radius 3 is 2.71 bits per heavy atom. The lowest BCUT2D eigenvalue weighted by Gasteiger charge is -2.09. The molecule has 0 unspecified atom stereocenters. The molecule has 6 nitrogen and oxygen atoms in total. The number of hydrogen-bond donors (Lipinski definition) is 3. The zero-order chi connectivity index (χ0) is 17.7. The first-order chi connectivity index (χ1) is 11.4. The van der Waals surface area contributed by atoms with E-state index in [1.54, 1.807) is 13.0 Å². The van der Waals surface area contributed by atoms with Gasteiger partial charge in [0.1, 0.15) is 17.2 Å². The molecule has 0 aromatic heterocycles. The molecule has 0 atom stereocenters. The summed E-state index contributed by atoms with van der Waals surface area (Å²) < 4.78 is 6.38. The molecule has 0 radical (unpaired) electrons. The second-order valence-electron chi connectivity index (χ2n) is 5.13. The van der Waals surface area contributed by atoms with Crippen LogP contribution < -0.4 is 10.2 Å². The molecule has 0 spiro atoms. The maximum Gasteiger partial charge on any atom is 0.277 e. The quantitative estimate of drug-likeness (QED) is 0.414. The van der Waals surface area contributed by atoms with Crippen molar-refractivity contribution < 1.29 is 19.7 Å². The van der Waals surface area contributed by atoms with E-state index in [9.17, 15) is 15.0 Å². The van der Waals surface area contributed by atoms with E-state index in [1.165, 1.54) is 18.2 Å². The van der Waals surface area contributed by atoms with E-state index in [2.05, 4.69) is 26.5 Å². The summed E-state index contributed by atoms with van der Waals surface area (Å²) >= 11 is 3.36. The van der Waals surface area contributed by atoms with Gasteiger partial charge in [0.05, 0.1) is 5.71 Å². The van der Waals surface area contributed by atoms with Crippen LogP contribution in [0.1, 0.15) is 18.1 Å². The Balaban J connectivity index is 1.95. The van der Waals surface area contributed by atoms with E-state index in [4.69, 9.17) is 4.74 Å². The minimum Gasteiger partial charge on any atom is -0.508 e. The van der Waals surface area contributed by atoms with Gasteiger partial charge in [0.2, 0.25) is 0 Å². The largest absolute Gasteiger partial charge is 0.508 e.